The number of nitrogens with zero attached hydrogens (tertiary/aromatic N) is 1. The smallest absolute Gasteiger partial charge is 0.0558 e. The summed E-state index contributed by atoms with van der Waals surface area (Å²) >= 11 is 5.61. The van der Waals surface area contributed by atoms with Crippen LogP contribution in [0.15, 0.2) is 12.2 Å². The van der Waals surface area contributed by atoms with Crippen LogP contribution in [0.2, 0.25) is 0 Å². The first kappa shape index (κ1) is 11.9. The van der Waals surface area contributed by atoms with Gasteiger partial charge in [-0.3, -0.25) is 4.90 Å². The standard InChI is InChI=1S/C9H18ClNO/c1-8(2)11(4-5-12)7-9(3)6-10/h8,12H,3-7H2,1-2H3. The van der Waals surface area contributed by atoms with Crippen LogP contribution in [-0.2, 0) is 0 Å². The van der Waals surface area contributed by atoms with Crippen molar-refractivity contribution >= 4 is 11.6 Å². The largest absolute Gasteiger partial charge is 0.395 e. The van der Waals surface area contributed by atoms with Crippen LogP contribution in [0.5, 0.6) is 0 Å². The molecule has 0 aliphatic carbocycles. The number of halogens is 1. The van der Waals surface area contributed by atoms with E-state index in [2.05, 4.69) is 25.3 Å². The molecule has 3 heteroatoms. The lowest BCUT2D eigenvalue weighted by atomic mass is 10.2. The fraction of sp³-hybridized carbons (Fsp3) is 0.778. The number of aliphatic hydroxyl groups is 1. The van der Waals surface area contributed by atoms with Gasteiger partial charge in [0.2, 0.25) is 0 Å². The Kier molecular flexibility index (Phi) is 6.44. The molecule has 0 bridgehead atoms. The molecule has 1 N–H and O–H groups in total. The van der Waals surface area contributed by atoms with Crippen LogP contribution in [0.1, 0.15) is 13.8 Å². The van der Waals surface area contributed by atoms with Gasteiger partial charge < -0.3 is 5.11 Å². The van der Waals surface area contributed by atoms with E-state index in [9.17, 15) is 0 Å². The highest BCUT2D eigenvalue weighted by Gasteiger charge is 2.08. The number of alkyl halides is 1. The van der Waals surface area contributed by atoms with Gasteiger partial charge in [0, 0.05) is 25.0 Å². The molecule has 0 atom stereocenters. The number of aliphatic hydroxyl groups excluding tert-OH is 1. The van der Waals surface area contributed by atoms with E-state index in [1.54, 1.807) is 0 Å². The zero-order valence-electron chi connectivity index (χ0n) is 7.89. The van der Waals surface area contributed by atoms with Crippen LogP contribution < -0.4 is 0 Å². The summed E-state index contributed by atoms with van der Waals surface area (Å²) in [7, 11) is 0. The zero-order valence-corrected chi connectivity index (χ0v) is 8.64. The minimum Gasteiger partial charge on any atom is -0.395 e. The summed E-state index contributed by atoms with van der Waals surface area (Å²) in [6, 6.07) is 0.428. The molecule has 0 saturated carbocycles. The molecule has 2 nitrogen and oxygen atoms in total. The quantitative estimate of drug-likeness (QED) is 0.508. The van der Waals surface area contributed by atoms with Gasteiger partial charge in [0.15, 0.2) is 0 Å². The second kappa shape index (κ2) is 6.46. The number of hydrogen-bond donors (Lipinski definition) is 1. The predicted octanol–water partition coefficient (Wildman–Crippen LogP) is 1.48. The molecule has 72 valence electrons. The van der Waals surface area contributed by atoms with E-state index in [-0.39, 0.29) is 6.61 Å². The van der Waals surface area contributed by atoms with E-state index in [1.807, 2.05) is 0 Å². The summed E-state index contributed by atoms with van der Waals surface area (Å²) in [6.45, 7) is 9.67. The third-order valence-corrected chi connectivity index (χ3v) is 2.11. The minimum absolute atomic E-state index is 0.188. The number of rotatable bonds is 6. The number of hydrogen-bond acceptors (Lipinski definition) is 2. The van der Waals surface area contributed by atoms with Crippen LogP contribution in [0, 0.1) is 0 Å². The van der Waals surface area contributed by atoms with Gasteiger partial charge in [0.05, 0.1) is 6.61 Å². The molecule has 12 heavy (non-hydrogen) atoms. The maximum Gasteiger partial charge on any atom is 0.0558 e. The lowest BCUT2D eigenvalue weighted by Gasteiger charge is -2.25. The Labute approximate surface area is 79.8 Å². The summed E-state index contributed by atoms with van der Waals surface area (Å²) in [6.07, 6.45) is 0. The average Bonchev–Trinajstić information content (AvgIpc) is 2.03. The summed E-state index contributed by atoms with van der Waals surface area (Å²) in [4.78, 5) is 2.14. The zero-order chi connectivity index (χ0) is 9.56. The van der Waals surface area contributed by atoms with E-state index in [1.165, 1.54) is 0 Å². The monoisotopic (exact) mass is 191 g/mol. The van der Waals surface area contributed by atoms with Crippen molar-refractivity contribution in [3.8, 4) is 0 Å². The van der Waals surface area contributed by atoms with Crippen molar-refractivity contribution in [3.63, 3.8) is 0 Å². The first-order chi connectivity index (χ1) is 5.61. The van der Waals surface area contributed by atoms with E-state index < -0.39 is 0 Å². The molecule has 0 unspecified atom stereocenters. The van der Waals surface area contributed by atoms with Gasteiger partial charge in [-0.2, -0.15) is 0 Å². The van der Waals surface area contributed by atoms with Crippen LogP contribution in [0.3, 0.4) is 0 Å². The Morgan fingerprint density at radius 3 is 2.50 bits per heavy atom. The molecular weight excluding hydrogens is 174 g/mol. The average molecular weight is 192 g/mol. The molecule has 0 amide bonds. The predicted molar refractivity (Wildman–Crippen MR) is 53.7 cm³/mol. The summed E-state index contributed by atoms with van der Waals surface area (Å²) in [5.74, 6) is 0.495. The Morgan fingerprint density at radius 2 is 2.17 bits per heavy atom. The lowest BCUT2D eigenvalue weighted by molar-refractivity contribution is 0.177. The fourth-order valence-corrected chi connectivity index (χ4v) is 1.06. The molecule has 0 rings (SSSR count). The molecule has 0 saturated heterocycles. The molecule has 0 spiro atoms. The van der Waals surface area contributed by atoms with Crippen molar-refractivity contribution < 1.29 is 5.11 Å². The van der Waals surface area contributed by atoms with E-state index in [4.69, 9.17) is 16.7 Å². The summed E-state index contributed by atoms with van der Waals surface area (Å²) in [5, 5.41) is 8.77. The van der Waals surface area contributed by atoms with Crippen LogP contribution in [0.4, 0.5) is 0 Å². The Hall–Kier alpha value is -0.0500. The third-order valence-electron chi connectivity index (χ3n) is 1.73. The summed E-state index contributed by atoms with van der Waals surface area (Å²) in [5.41, 5.74) is 0.999. The molecule has 0 aromatic rings. The van der Waals surface area contributed by atoms with Gasteiger partial charge >= 0.3 is 0 Å². The fourth-order valence-electron chi connectivity index (χ4n) is 0.978. The molecule has 0 aromatic carbocycles. The van der Waals surface area contributed by atoms with Crippen molar-refractivity contribution in [2.45, 2.75) is 19.9 Å². The van der Waals surface area contributed by atoms with Crippen molar-refractivity contribution in [2.75, 3.05) is 25.6 Å². The van der Waals surface area contributed by atoms with Gasteiger partial charge in [-0.1, -0.05) is 6.58 Å². The third kappa shape index (κ3) is 4.75. The normalized spacial score (nSPS) is 11.2. The second-order valence-electron chi connectivity index (χ2n) is 3.17. The van der Waals surface area contributed by atoms with E-state index >= 15 is 0 Å². The topological polar surface area (TPSA) is 23.5 Å². The summed E-state index contributed by atoms with van der Waals surface area (Å²) < 4.78 is 0. The first-order valence-corrected chi connectivity index (χ1v) is 4.72. The highest BCUT2D eigenvalue weighted by atomic mass is 35.5. The maximum atomic E-state index is 8.77. The van der Waals surface area contributed by atoms with Crippen LogP contribution in [-0.4, -0.2) is 41.6 Å². The minimum atomic E-state index is 0.188. The van der Waals surface area contributed by atoms with Crippen molar-refractivity contribution in [3.05, 3.63) is 12.2 Å². The molecule has 0 aromatic heterocycles. The SMILES string of the molecule is C=C(CCl)CN(CCO)C(C)C. The van der Waals surface area contributed by atoms with Gasteiger partial charge in [-0.15, -0.1) is 11.6 Å². The highest BCUT2D eigenvalue weighted by molar-refractivity contribution is 6.19. The van der Waals surface area contributed by atoms with Crippen molar-refractivity contribution in [2.24, 2.45) is 0 Å². The van der Waals surface area contributed by atoms with Gasteiger partial charge in [0.1, 0.15) is 0 Å². The molecule has 0 aliphatic rings. The van der Waals surface area contributed by atoms with Crippen LogP contribution in [0.25, 0.3) is 0 Å². The molecule has 0 radical (unpaired) electrons. The van der Waals surface area contributed by atoms with Crippen molar-refractivity contribution in [1.29, 1.82) is 0 Å². The van der Waals surface area contributed by atoms with E-state index in [0.29, 0.717) is 18.5 Å². The Balaban J connectivity index is 3.86. The van der Waals surface area contributed by atoms with Gasteiger partial charge in [0.25, 0.3) is 0 Å². The molecular formula is C9H18ClNO. The lowest BCUT2D eigenvalue weighted by Crippen LogP contribution is -2.35. The Morgan fingerprint density at radius 1 is 1.58 bits per heavy atom. The Bertz CT molecular complexity index is 136. The molecule has 0 heterocycles. The maximum absolute atomic E-state index is 8.77. The van der Waals surface area contributed by atoms with Crippen molar-refractivity contribution in [1.82, 2.24) is 4.90 Å². The van der Waals surface area contributed by atoms with Gasteiger partial charge in [-0.05, 0) is 19.4 Å². The van der Waals surface area contributed by atoms with E-state index in [0.717, 1.165) is 12.1 Å². The highest BCUT2D eigenvalue weighted by Crippen LogP contribution is 2.03. The molecule has 0 aliphatic heterocycles. The van der Waals surface area contributed by atoms with Crippen LogP contribution >= 0.6 is 11.6 Å². The van der Waals surface area contributed by atoms with Gasteiger partial charge in [-0.25, -0.2) is 0 Å². The molecule has 0 fully saturated rings. The second-order valence-corrected chi connectivity index (χ2v) is 3.44. The first-order valence-electron chi connectivity index (χ1n) is 4.19.